The third-order valence-corrected chi connectivity index (χ3v) is 3.84. The van der Waals surface area contributed by atoms with Crippen LogP contribution in [0.5, 0.6) is 0 Å². The van der Waals surface area contributed by atoms with Crippen molar-refractivity contribution < 1.29 is 18.0 Å². The van der Waals surface area contributed by atoms with Gasteiger partial charge in [-0.2, -0.15) is 13.2 Å². The van der Waals surface area contributed by atoms with Crippen LogP contribution in [0.4, 0.5) is 13.2 Å². The Balaban J connectivity index is 1.90. The Hall–Kier alpha value is -2.80. The van der Waals surface area contributed by atoms with Gasteiger partial charge in [0, 0.05) is 10.7 Å². The monoisotopic (exact) mass is 379 g/mol. The molecule has 0 aliphatic heterocycles. The van der Waals surface area contributed by atoms with Crippen LogP contribution >= 0.6 is 11.6 Å². The number of hydrogen-bond acceptors (Lipinski definition) is 2. The van der Waals surface area contributed by atoms with Crippen LogP contribution in [0.1, 0.15) is 10.5 Å². The summed E-state index contributed by atoms with van der Waals surface area (Å²) in [5, 5.41) is 2.43. The number of aromatic nitrogens is 2. The summed E-state index contributed by atoms with van der Waals surface area (Å²) in [7, 11) is 0. The average Bonchev–Trinajstić information content (AvgIpc) is 3.09. The number of halogens is 4. The van der Waals surface area contributed by atoms with Crippen molar-refractivity contribution in [2.45, 2.75) is 6.18 Å². The Morgan fingerprint density at radius 3 is 2.50 bits per heavy atom. The molecule has 0 radical (unpaired) electrons. The lowest BCUT2D eigenvalue weighted by Crippen LogP contribution is -2.34. The van der Waals surface area contributed by atoms with Crippen LogP contribution in [-0.4, -0.2) is 28.2 Å². The zero-order chi connectivity index (χ0) is 18.7. The van der Waals surface area contributed by atoms with Gasteiger partial charge in [0.15, 0.2) is 0 Å². The van der Waals surface area contributed by atoms with Crippen LogP contribution in [0.3, 0.4) is 0 Å². The molecule has 0 aliphatic rings. The van der Waals surface area contributed by atoms with E-state index in [1.165, 1.54) is 17.1 Å². The van der Waals surface area contributed by atoms with Crippen molar-refractivity contribution in [3.63, 3.8) is 0 Å². The van der Waals surface area contributed by atoms with E-state index in [9.17, 15) is 18.0 Å². The molecule has 3 rings (SSSR count). The summed E-state index contributed by atoms with van der Waals surface area (Å²) in [6, 6.07) is 14.4. The van der Waals surface area contributed by atoms with Crippen LogP contribution in [0.25, 0.3) is 16.8 Å². The van der Waals surface area contributed by atoms with Crippen molar-refractivity contribution in [2.75, 3.05) is 6.54 Å². The number of imidazole rings is 1. The topological polar surface area (TPSA) is 46.9 Å². The highest BCUT2D eigenvalue weighted by Gasteiger charge is 2.28. The maximum atomic E-state index is 12.3. The lowest BCUT2D eigenvalue weighted by Gasteiger charge is -2.11. The van der Waals surface area contributed by atoms with E-state index >= 15 is 0 Å². The first-order valence-corrected chi connectivity index (χ1v) is 7.95. The second kappa shape index (κ2) is 7.21. The van der Waals surface area contributed by atoms with Crippen molar-refractivity contribution in [3.05, 3.63) is 71.8 Å². The van der Waals surface area contributed by atoms with Crippen LogP contribution in [0.2, 0.25) is 5.02 Å². The van der Waals surface area contributed by atoms with E-state index in [0.717, 1.165) is 11.1 Å². The molecule has 0 unspecified atom stereocenters. The highest BCUT2D eigenvalue weighted by atomic mass is 35.5. The normalized spacial score (nSPS) is 11.4. The van der Waals surface area contributed by atoms with Crippen molar-refractivity contribution in [1.29, 1.82) is 0 Å². The summed E-state index contributed by atoms with van der Waals surface area (Å²) in [5.74, 6) is -0.854. The zero-order valence-corrected chi connectivity index (χ0v) is 14.1. The minimum atomic E-state index is -4.48. The number of alkyl halides is 3. The first-order valence-electron chi connectivity index (χ1n) is 7.57. The van der Waals surface area contributed by atoms with Crippen LogP contribution in [-0.2, 0) is 0 Å². The summed E-state index contributed by atoms with van der Waals surface area (Å²) in [6.07, 6.45) is -1.88. The number of rotatable bonds is 4. The third kappa shape index (κ3) is 4.23. The molecule has 0 spiro atoms. The molecule has 1 heterocycles. The first kappa shape index (κ1) is 18.0. The number of carbonyl (C=O) groups is 1. The molecule has 0 bridgehead atoms. The summed E-state index contributed by atoms with van der Waals surface area (Å²) in [4.78, 5) is 15.9. The Morgan fingerprint density at radius 1 is 1.12 bits per heavy atom. The SMILES string of the molecule is O=C(NCC(F)(F)F)c1cncn1-c1cccc(-c2cccc(Cl)c2)c1. The summed E-state index contributed by atoms with van der Waals surface area (Å²) in [6.45, 7) is -1.40. The molecule has 0 aliphatic carbocycles. The first-order chi connectivity index (χ1) is 12.3. The molecule has 2 aromatic carbocycles. The van der Waals surface area contributed by atoms with Gasteiger partial charge in [0.25, 0.3) is 5.91 Å². The molecular formula is C18H13ClF3N3O. The molecule has 0 saturated heterocycles. The Kier molecular flexibility index (Phi) is 4.99. The number of carbonyl (C=O) groups excluding carboxylic acids is 1. The fourth-order valence-electron chi connectivity index (χ4n) is 2.44. The second-order valence-electron chi connectivity index (χ2n) is 5.51. The molecule has 1 N–H and O–H groups in total. The molecule has 26 heavy (non-hydrogen) atoms. The second-order valence-corrected chi connectivity index (χ2v) is 5.94. The molecule has 134 valence electrons. The molecule has 1 amide bonds. The Labute approximate surface area is 152 Å². The van der Waals surface area contributed by atoms with Gasteiger partial charge in [-0.25, -0.2) is 4.98 Å². The fourth-order valence-corrected chi connectivity index (χ4v) is 2.63. The van der Waals surface area contributed by atoms with E-state index in [4.69, 9.17) is 11.6 Å². The van der Waals surface area contributed by atoms with Crippen molar-refractivity contribution in [1.82, 2.24) is 14.9 Å². The summed E-state index contributed by atoms with van der Waals surface area (Å²) < 4.78 is 38.3. The Morgan fingerprint density at radius 2 is 1.81 bits per heavy atom. The van der Waals surface area contributed by atoms with Gasteiger partial charge in [0.05, 0.1) is 12.5 Å². The van der Waals surface area contributed by atoms with Gasteiger partial charge in [-0.05, 0) is 35.4 Å². The highest BCUT2D eigenvalue weighted by molar-refractivity contribution is 6.30. The number of nitrogens with one attached hydrogen (secondary N) is 1. The molecule has 4 nitrogen and oxygen atoms in total. The van der Waals surface area contributed by atoms with Gasteiger partial charge in [0.2, 0.25) is 0 Å². The molecular weight excluding hydrogens is 367 g/mol. The molecule has 8 heteroatoms. The Bertz CT molecular complexity index is 937. The predicted octanol–water partition coefficient (Wildman–Crippen LogP) is 4.48. The number of hydrogen-bond donors (Lipinski definition) is 1. The number of benzene rings is 2. The molecule has 0 fully saturated rings. The van der Waals surface area contributed by atoms with Crippen molar-refractivity contribution >= 4 is 17.5 Å². The molecule has 0 saturated carbocycles. The maximum absolute atomic E-state index is 12.3. The van der Waals surface area contributed by atoms with Gasteiger partial charge >= 0.3 is 6.18 Å². The minimum Gasteiger partial charge on any atom is -0.342 e. The van der Waals surface area contributed by atoms with Crippen molar-refractivity contribution in [2.24, 2.45) is 0 Å². The van der Waals surface area contributed by atoms with Gasteiger partial charge in [-0.15, -0.1) is 0 Å². The lowest BCUT2D eigenvalue weighted by molar-refractivity contribution is -0.123. The number of nitrogens with zero attached hydrogens (tertiary/aromatic N) is 2. The van der Waals surface area contributed by atoms with Crippen LogP contribution < -0.4 is 5.32 Å². The van der Waals surface area contributed by atoms with Gasteiger partial charge in [0.1, 0.15) is 12.2 Å². The van der Waals surface area contributed by atoms with Crippen molar-refractivity contribution in [3.8, 4) is 16.8 Å². The lowest BCUT2D eigenvalue weighted by atomic mass is 10.1. The predicted molar refractivity (Wildman–Crippen MR) is 92.4 cm³/mol. The third-order valence-electron chi connectivity index (χ3n) is 3.60. The van der Waals surface area contributed by atoms with Gasteiger partial charge in [-0.1, -0.05) is 35.9 Å². The maximum Gasteiger partial charge on any atom is 0.405 e. The van der Waals surface area contributed by atoms with Gasteiger partial charge in [-0.3, -0.25) is 9.36 Å². The summed E-state index contributed by atoms with van der Waals surface area (Å²) >= 11 is 6.01. The van der Waals surface area contributed by atoms with E-state index in [1.807, 2.05) is 23.5 Å². The fraction of sp³-hybridized carbons (Fsp3) is 0.111. The van der Waals surface area contributed by atoms with E-state index in [1.54, 1.807) is 30.3 Å². The largest absolute Gasteiger partial charge is 0.405 e. The van der Waals surface area contributed by atoms with Gasteiger partial charge < -0.3 is 5.32 Å². The smallest absolute Gasteiger partial charge is 0.342 e. The van der Waals surface area contributed by atoms with E-state index in [2.05, 4.69) is 4.98 Å². The van der Waals surface area contributed by atoms with E-state index in [0.29, 0.717) is 10.7 Å². The van der Waals surface area contributed by atoms with Crippen LogP contribution in [0.15, 0.2) is 61.1 Å². The quantitative estimate of drug-likeness (QED) is 0.726. The molecule has 1 aromatic heterocycles. The van der Waals surface area contributed by atoms with E-state index in [-0.39, 0.29) is 5.69 Å². The summed E-state index contributed by atoms with van der Waals surface area (Å²) in [5.41, 5.74) is 2.33. The zero-order valence-electron chi connectivity index (χ0n) is 13.3. The standard InChI is InChI=1S/C18H13ClF3N3O/c19-14-5-1-3-12(7-14)13-4-2-6-15(8-13)25-11-23-9-16(25)17(26)24-10-18(20,21)22/h1-9,11H,10H2,(H,24,26). The highest BCUT2D eigenvalue weighted by Crippen LogP contribution is 2.25. The van der Waals surface area contributed by atoms with Crippen LogP contribution in [0, 0.1) is 0 Å². The average molecular weight is 380 g/mol. The van der Waals surface area contributed by atoms with E-state index < -0.39 is 18.6 Å². The molecule has 3 aromatic rings. The molecule has 0 atom stereocenters. The minimum absolute atomic E-state index is 0.0116. The number of amides is 1.